The molecule has 0 bridgehead atoms. The minimum Gasteiger partial charge on any atom is -0.615 e. The lowest BCUT2D eigenvalue weighted by Crippen LogP contribution is -2.50. The van der Waals surface area contributed by atoms with Crippen LogP contribution in [0.5, 0.6) is 0 Å². The second-order valence-electron chi connectivity index (χ2n) is 4.57. The van der Waals surface area contributed by atoms with E-state index in [2.05, 4.69) is 5.32 Å². The summed E-state index contributed by atoms with van der Waals surface area (Å²) < 4.78 is 12.0. The van der Waals surface area contributed by atoms with E-state index in [-0.39, 0.29) is 0 Å². The molecule has 1 aliphatic heterocycles. The van der Waals surface area contributed by atoms with E-state index in [1.165, 1.54) is 0 Å². The van der Waals surface area contributed by atoms with Crippen LogP contribution < -0.4 is 5.32 Å². The number of hydrogen-bond donors (Lipinski definition) is 1. The zero-order valence-electron chi connectivity index (χ0n) is 10.5. The third kappa shape index (κ3) is 2.88. The number of benzene rings is 1. The molecule has 0 aliphatic carbocycles. The van der Waals surface area contributed by atoms with Crippen molar-refractivity contribution in [3.63, 3.8) is 0 Å². The molecule has 6 heteroatoms. The number of halogens is 2. The average Bonchev–Trinajstić information content (AvgIpc) is 2.37. The van der Waals surface area contributed by atoms with E-state index in [0.717, 1.165) is 24.8 Å². The smallest absolute Gasteiger partial charge is 0.200 e. The van der Waals surface area contributed by atoms with E-state index in [1.807, 2.05) is 12.1 Å². The molecule has 1 fully saturated rings. The zero-order chi connectivity index (χ0) is 14.0. The number of rotatable bonds is 2. The first-order valence-corrected chi connectivity index (χ1v) is 8.56. The molecule has 1 aromatic rings. The van der Waals surface area contributed by atoms with Gasteiger partial charge in [0.05, 0.1) is 0 Å². The summed E-state index contributed by atoms with van der Waals surface area (Å²) in [7, 11) is 1.77. The van der Waals surface area contributed by atoms with Crippen LogP contribution >= 0.6 is 35.4 Å². The number of thiocarbonyl (C=S) groups is 1. The lowest BCUT2D eigenvalue weighted by molar-refractivity contribution is 0.514. The van der Waals surface area contributed by atoms with Crippen LogP contribution in [0, 0.1) is 0 Å². The van der Waals surface area contributed by atoms with E-state index < -0.39 is 15.9 Å². The molecule has 0 spiro atoms. The normalized spacial score (nSPS) is 27.1. The largest absolute Gasteiger partial charge is 0.615 e. The molecule has 104 valence electrons. The molecule has 2 rings (SSSR count). The van der Waals surface area contributed by atoms with Crippen LogP contribution in [-0.2, 0) is 15.9 Å². The minimum absolute atomic E-state index is 0.545. The van der Waals surface area contributed by atoms with Gasteiger partial charge in [0.15, 0.2) is 4.75 Å². The maximum absolute atomic E-state index is 12.6. The molecule has 1 heterocycles. The van der Waals surface area contributed by atoms with Gasteiger partial charge in [-0.15, -0.1) is 0 Å². The molecule has 1 aromatic carbocycles. The van der Waals surface area contributed by atoms with Crippen molar-refractivity contribution in [2.75, 3.05) is 12.8 Å². The van der Waals surface area contributed by atoms with Crippen LogP contribution in [0.2, 0.25) is 10.0 Å². The van der Waals surface area contributed by atoms with E-state index in [9.17, 15) is 4.55 Å². The summed E-state index contributed by atoms with van der Waals surface area (Å²) in [4.78, 5) is 0.601. The van der Waals surface area contributed by atoms with E-state index in [1.54, 1.807) is 13.1 Å². The molecule has 1 N–H and O–H groups in total. The molecule has 1 aliphatic rings. The van der Waals surface area contributed by atoms with Crippen LogP contribution in [0.3, 0.4) is 0 Å². The van der Waals surface area contributed by atoms with Gasteiger partial charge in [0.25, 0.3) is 0 Å². The Kier molecular flexibility index (Phi) is 5.01. The SMILES string of the molecule is CNC(=S)[C@@]1(c2cc(Cl)cc(Cl)c2)CCCC[S@+]1[O-]. The summed E-state index contributed by atoms with van der Waals surface area (Å²) in [6, 6.07) is 5.31. The van der Waals surface area contributed by atoms with E-state index >= 15 is 0 Å². The Balaban J connectivity index is 2.56. The van der Waals surface area contributed by atoms with Gasteiger partial charge >= 0.3 is 0 Å². The maximum Gasteiger partial charge on any atom is 0.200 e. The lowest BCUT2D eigenvalue weighted by atomic mass is 9.91. The second kappa shape index (κ2) is 6.19. The molecule has 0 aromatic heterocycles. The topological polar surface area (TPSA) is 35.1 Å². The quantitative estimate of drug-likeness (QED) is 0.661. The highest BCUT2D eigenvalue weighted by atomic mass is 35.5. The Morgan fingerprint density at radius 2 is 1.95 bits per heavy atom. The molecule has 19 heavy (non-hydrogen) atoms. The van der Waals surface area contributed by atoms with Gasteiger partial charge < -0.3 is 9.87 Å². The Morgan fingerprint density at radius 1 is 1.32 bits per heavy atom. The molecule has 0 radical (unpaired) electrons. The third-order valence-corrected chi connectivity index (χ3v) is 6.62. The fraction of sp³-hybridized carbons (Fsp3) is 0.462. The van der Waals surface area contributed by atoms with Crippen LogP contribution in [0.15, 0.2) is 18.2 Å². The second-order valence-corrected chi connectivity index (χ2v) is 7.65. The van der Waals surface area contributed by atoms with Crippen molar-refractivity contribution in [1.82, 2.24) is 5.32 Å². The van der Waals surface area contributed by atoms with Gasteiger partial charge in [-0.2, -0.15) is 0 Å². The van der Waals surface area contributed by atoms with Crippen molar-refractivity contribution >= 4 is 51.6 Å². The van der Waals surface area contributed by atoms with Gasteiger partial charge in [-0.25, -0.2) is 0 Å². The highest BCUT2D eigenvalue weighted by Crippen LogP contribution is 2.42. The minimum atomic E-state index is -1.06. The summed E-state index contributed by atoms with van der Waals surface area (Å²) in [6.45, 7) is 0. The fourth-order valence-corrected chi connectivity index (χ4v) is 5.41. The lowest BCUT2D eigenvalue weighted by Gasteiger charge is -2.39. The van der Waals surface area contributed by atoms with E-state index in [4.69, 9.17) is 35.4 Å². The summed E-state index contributed by atoms with van der Waals surface area (Å²) in [5, 5.41) is 4.09. The first-order chi connectivity index (χ1) is 9.00. The summed E-state index contributed by atoms with van der Waals surface area (Å²) in [6.07, 6.45) is 2.72. The molecule has 0 unspecified atom stereocenters. The van der Waals surface area contributed by atoms with Gasteiger partial charge in [-0.05, 0) is 42.2 Å². The van der Waals surface area contributed by atoms with Gasteiger partial charge in [-0.3, -0.25) is 0 Å². The van der Waals surface area contributed by atoms with Crippen molar-refractivity contribution in [2.45, 2.75) is 24.0 Å². The Hall–Kier alpha value is -0.0000000000000000763. The van der Waals surface area contributed by atoms with Crippen molar-refractivity contribution in [2.24, 2.45) is 0 Å². The molecular weight excluding hydrogens is 321 g/mol. The summed E-state index contributed by atoms with van der Waals surface area (Å²) in [5.41, 5.74) is 0.849. The van der Waals surface area contributed by atoms with Crippen molar-refractivity contribution in [3.05, 3.63) is 33.8 Å². The predicted molar refractivity (Wildman–Crippen MR) is 86.7 cm³/mol. The molecule has 1 saturated heterocycles. The maximum atomic E-state index is 12.6. The first-order valence-electron chi connectivity index (χ1n) is 6.08. The van der Waals surface area contributed by atoms with Gasteiger partial charge in [0.2, 0.25) is 0 Å². The van der Waals surface area contributed by atoms with Gasteiger partial charge in [0.1, 0.15) is 10.7 Å². The van der Waals surface area contributed by atoms with Crippen LogP contribution in [0.1, 0.15) is 24.8 Å². The first kappa shape index (κ1) is 15.4. The Labute approximate surface area is 132 Å². The van der Waals surface area contributed by atoms with Gasteiger partial charge in [-0.1, -0.05) is 35.4 Å². The fourth-order valence-electron chi connectivity index (χ4n) is 2.51. The van der Waals surface area contributed by atoms with Crippen LogP contribution in [0.25, 0.3) is 0 Å². The highest BCUT2D eigenvalue weighted by Gasteiger charge is 2.49. The number of nitrogens with one attached hydrogen (secondary N) is 1. The van der Waals surface area contributed by atoms with Crippen molar-refractivity contribution in [1.29, 1.82) is 0 Å². The third-order valence-electron chi connectivity index (χ3n) is 3.42. The van der Waals surface area contributed by atoms with Crippen LogP contribution in [-0.4, -0.2) is 22.3 Å². The summed E-state index contributed by atoms with van der Waals surface area (Å²) >= 11 is 16.5. The molecule has 0 amide bonds. The predicted octanol–water partition coefficient (Wildman–Crippen LogP) is 3.67. The Morgan fingerprint density at radius 3 is 2.47 bits per heavy atom. The molecular formula is C13H15Cl2NOS2. The Bertz CT molecular complexity index is 477. The number of hydrogen-bond acceptors (Lipinski definition) is 2. The average molecular weight is 336 g/mol. The van der Waals surface area contributed by atoms with Crippen LogP contribution in [0.4, 0.5) is 0 Å². The molecule has 2 atom stereocenters. The van der Waals surface area contributed by atoms with Gasteiger partial charge in [0, 0.05) is 29.1 Å². The molecule has 0 saturated carbocycles. The standard InChI is InChI=1S/C13H15Cl2NOS2/c1-16-12(18)13(4-2-3-5-19(13)17)9-6-10(14)8-11(15)7-9/h6-8H,2-5H2,1H3,(H,16,18)/t13-,19-/m0/s1. The van der Waals surface area contributed by atoms with E-state index in [0.29, 0.717) is 20.8 Å². The molecule has 2 nitrogen and oxygen atoms in total. The monoisotopic (exact) mass is 335 g/mol. The highest BCUT2D eigenvalue weighted by molar-refractivity contribution is 7.95. The van der Waals surface area contributed by atoms with Crippen molar-refractivity contribution < 1.29 is 4.55 Å². The zero-order valence-corrected chi connectivity index (χ0v) is 13.7. The number of likely N-dealkylation sites (N-methyl/N-ethyl adjacent to an activating group) is 1. The van der Waals surface area contributed by atoms with Crippen molar-refractivity contribution in [3.8, 4) is 0 Å². The summed E-state index contributed by atoms with van der Waals surface area (Å²) in [5.74, 6) is 0.659.